The van der Waals surface area contributed by atoms with Gasteiger partial charge >= 0.3 is 0 Å². The Bertz CT molecular complexity index is 402. The van der Waals surface area contributed by atoms with Crippen LogP contribution in [-0.2, 0) is 4.79 Å². The molecule has 5 heteroatoms. The van der Waals surface area contributed by atoms with Gasteiger partial charge in [-0.1, -0.05) is 0 Å². The van der Waals surface area contributed by atoms with Gasteiger partial charge in [0.25, 0.3) is 0 Å². The fraction of sp³-hybridized carbons (Fsp3) is 0.385. The zero-order valence-corrected chi connectivity index (χ0v) is 11.7. The first-order valence-electron chi connectivity index (χ1n) is 5.54. The topological polar surface area (TPSA) is 49.4 Å². The minimum absolute atomic E-state index is 0. The molecule has 0 bridgehead atoms. The zero-order valence-electron chi connectivity index (χ0n) is 10.9. The molecular formula is C13H19ClN2O2. The van der Waals surface area contributed by atoms with Crippen molar-refractivity contribution < 1.29 is 9.59 Å². The van der Waals surface area contributed by atoms with Crippen LogP contribution in [0.3, 0.4) is 0 Å². The largest absolute Gasteiger partial charge is 0.326 e. The second-order valence-electron chi connectivity index (χ2n) is 4.23. The molecule has 1 rings (SSSR count). The van der Waals surface area contributed by atoms with Crippen LogP contribution >= 0.6 is 12.4 Å². The Balaban J connectivity index is 0.00000289. The van der Waals surface area contributed by atoms with E-state index in [2.05, 4.69) is 5.32 Å². The molecule has 0 aliphatic rings. The molecule has 0 heterocycles. The molecule has 18 heavy (non-hydrogen) atoms. The number of benzene rings is 1. The number of halogens is 1. The number of carbonyl (C=O) groups excluding carboxylic acids is 2. The molecule has 1 N–H and O–H groups in total. The van der Waals surface area contributed by atoms with Crippen molar-refractivity contribution in [1.82, 2.24) is 4.90 Å². The van der Waals surface area contributed by atoms with Gasteiger partial charge in [0, 0.05) is 31.1 Å². The Morgan fingerprint density at radius 3 is 2.17 bits per heavy atom. The van der Waals surface area contributed by atoms with Crippen LogP contribution in [0, 0.1) is 0 Å². The Kier molecular flexibility index (Phi) is 7.24. The zero-order chi connectivity index (χ0) is 12.8. The highest BCUT2D eigenvalue weighted by atomic mass is 35.5. The molecule has 0 aliphatic carbocycles. The maximum Gasteiger partial charge on any atom is 0.221 e. The highest BCUT2D eigenvalue weighted by Gasteiger charge is 2.06. The van der Waals surface area contributed by atoms with Crippen LogP contribution in [-0.4, -0.2) is 37.2 Å². The van der Waals surface area contributed by atoms with Crippen molar-refractivity contribution in [2.24, 2.45) is 0 Å². The molecule has 1 aromatic carbocycles. The van der Waals surface area contributed by atoms with Crippen molar-refractivity contribution >= 4 is 29.8 Å². The Labute approximate surface area is 114 Å². The molecule has 0 spiro atoms. The van der Waals surface area contributed by atoms with E-state index in [0.29, 0.717) is 17.7 Å². The highest BCUT2D eigenvalue weighted by Crippen LogP contribution is 2.11. The first-order chi connectivity index (χ1) is 7.99. The van der Waals surface area contributed by atoms with Gasteiger partial charge in [-0.15, -0.1) is 12.4 Å². The number of Topliss-reactive ketones (excluding diaryl/α,β-unsaturated/α-hetero) is 1. The van der Waals surface area contributed by atoms with E-state index in [1.807, 2.05) is 19.0 Å². The molecule has 0 fully saturated rings. The van der Waals surface area contributed by atoms with Crippen LogP contribution in [0.1, 0.15) is 23.7 Å². The molecule has 0 saturated heterocycles. The van der Waals surface area contributed by atoms with Gasteiger partial charge in [0.1, 0.15) is 0 Å². The summed E-state index contributed by atoms with van der Waals surface area (Å²) in [6.07, 6.45) is 0.506. The van der Waals surface area contributed by atoms with E-state index in [9.17, 15) is 9.59 Å². The van der Waals surface area contributed by atoms with Crippen molar-refractivity contribution in [3.05, 3.63) is 29.8 Å². The molecule has 1 amide bonds. The van der Waals surface area contributed by atoms with Gasteiger partial charge in [0.15, 0.2) is 5.78 Å². The van der Waals surface area contributed by atoms with E-state index in [1.165, 1.54) is 6.92 Å². The minimum atomic E-state index is -0.114. The predicted octanol–water partition coefficient (Wildman–Crippen LogP) is 2.20. The molecule has 0 unspecified atom stereocenters. The van der Waals surface area contributed by atoms with Crippen molar-refractivity contribution in [2.45, 2.75) is 13.3 Å². The number of anilines is 1. The standard InChI is InChI=1S/C13H18N2O2.ClH/c1-10(16)14-12-6-4-11(5-7-12)13(17)8-9-15(2)3;/h4-7H,8-9H2,1-3H3,(H,14,16);1H. The number of carbonyl (C=O) groups is 2. The molecule has 1 aromatic rings. The molecule has 100 valence electrons. The highest BCUT2D eigenvalue weighted by molar-refractivity contribution is 5.97. The number of ketones is 1. The lowest BCUT2D eigenvalue weighted by atomic mass is 10.1. The SMILES string of the molecule is CC(=O)Nc1ccc(C(=O)CCN(C)C)cc1.Cl. The fourth-order valence-corrected chi connectivity index (χ4v) is 1.41. The Morgan fingerprint density at radius 1 is 1.17 bits per heavy atom. The summed E-state index contributed by atoms with van der Waals surface area (Å²) >= 11 is 0. The van der Waals surface area contributed by atoms with Gasteiger partial charge in [-0.05, 0) is 38.4 Å². The monoisotopic (exact) mass is 270 g/mol. The van der Waals surface area contributed by atoms with Crippen LogP contribution in [0.2, 0.25) is 0 Å². The van der Waals surface area contributed by atoms with E-state index < -0.39 is 0 Å². The average Bonchev–Trinajstić information content (AvgIpc) is 2.26. The normalized spacial score (nSPS) is 9.78. The third kappa shape index (κ3) is 5.80. The first-order valence-corrected chi connectivity index (χ1v) is 5.54. The third-order valence-electron chi connectivity index (χ3n) is 2.31. The number of rotatable bonds is 5. The van der Waals surface area contributed by atoms with E-state index in [-0.39, 0.29) is 24.1 Å². The molecule has 4 nitrogen and oxygen atoms in total. The summed E-state index contributed by atoms with van der Waals surface area (Å²) in [4.78, 5) is 24.6. The van der Waals surface area contributed by atoms with Gasteiger partial charge in [-0.3, -0.25) is 9.59 Å². The van der Waals surface area contributed by atoms with Gasteiger partial charge in [0.05, 0.1) is 0 Å². The van der Waals surface area contributed by atoms with Crippen molar-refractivity contribution in [2.75, 3.05) is 26.0 Å². The van der Waals surface area contributed by atoms with E-state index in [4.69, 9.17) is 0 Å². The summed E-state index contributed by atoms with van der Waals surface area (Å²) in [5.41, 5.74) is 1.39. The molecule has 0 aromatic heterocycles. The molecule has 0 aliphatic heterocycles. The summed E-state index contributed by atoms with van der Waals surface area (Å²) < 4.78 is 0. The lowest BCUT2D eigenvalue weighted by Gasteiger charge is -2.08. The quantitative estimate of drug-likeness (QED) is 0.835. The van der Waals surface area contributed by atoms with Crippen LogP contribution in [0.25, 0.3) is 0 Å². The predicted molar refractivity (Wildman–Crippen MR) is 75.5 cm³/mol. The van der Waals surface area contributed by atoms with Gasteiger partial charge in [-0.2, -0.15) is 0 Å². The van der Waals surface area contributed by atoms with Crippen molar-refractivity contribution in [3.8, 4) is 0 Å². The second kappa shape index (κ2) is 7.84. The second-order valence-corrected chi connectivity index (χ2v) is 4.23. The van der Waals surface area contributed by atoms with E-state index in [1.54, 1.807) is 24.3 Å². The summed E-state index contributed by atoms with van der Waals surface area (Å²) in [5, 5.41) is 2.66. The fourth-order valence-electron chi connectivity index (χ4n) is 1.41. The number of nitrogens with zero attached hydrogens (tertiary/aromatic N) is 1. The molecule has 0 saturated carbocycles. The lowest BCUT2D eigenvalue weighted by molar-refractivity contribution is -0.114. The maximum atomic E-state index is 11.8. The number of nitrogens with one attached hydrogen (secondary N) is 1. The summed E-state index contributed by atoms with van der Waals surface area (Å²) in [6.45, 7) is 2.20. The van der Waals surface area contributed by atoms with E-state index >= 15 is 0 Å². The Morgan fingerprint density at radius 2 is 1.72 bits per heavy atom. The number of hydrogen-bond donors (Lipinski definition) is 1. The van der Waals surface area contributed by atoms with Crippen molar-refractivity contribution in [3.63, 3.8) is 0 Å². The number of hydrogen-bond acceptors (Lipinski definition) is 3. The smallest absolute Gasteiger partial charge is 0.221 e. The number of amides is 1. The molecule has 0 atom stereocenters. The summed E-state index contributed by atoms with van der Waals surface area (Å²) in [6, 6.07) is 6.96. The minimum Gasteiger partial charge on any atom is -0.326 e. The maximum absolute atomic E-state index is 11.8. The lowest BCUT2D eigenvalue weighted by Crippen LogP contribution is -2.16. The Hall–Kier alpha value is -1.39. The van der Waals surface area contributed by atoms with Crippen LogP contribution in [0.4, 0.5) is 5.69 Å². The summed E-state index contributed by atoms with van der Waals surface area (Å²) in [7, 11) is 3.88. The third-order valence-corrected chi connectivity index (χ3v) is 2.31. The van der Waals surface area contributed by atoms with Crippen LogP contribution in [0.15, 0.2) is 24.3 Å². The first kappa shape index (κ1) is 16.6. The van der Waals surface area contributed by atoms with Crippen LogP contribution in [0.5, 0.6) is 0 Å². The summed E-state index contributed by atoms with van der Waals surface area (Å²) in [5.74, 6) is 0.00441. The van der Waals surface area contributed by atoms with Crippen molar-refractivity contribution in [1.29, 1.82) is 0 Å². The van der Waals surface area contributed by atoms with Gasteiger partial charge in [-0.25, -0.2) is 0 Å². The average molecular weight is 271 g/mol. The van der Waals surface area contributed by atoms with Gasteiger partial charge in [0.2, 0.25) is 5.91 Å². The van der Waals surface area contributed by atoms with Crippen LogP contribution < -0.4 is 5.32 Å². The van der Waals surface area contributed by atoms with Gasteiger partial charge < -0.3 is 10.2 Å². The molecular weight excluding hydrogens is 252 g/mol. The van der Waals surface area contributed by atoms with E-state index in [0.717, 1.165) is 6.54 Å². The molecule has 0 radical (unpaired) electrons.